The maximum absolute atomic E-state index is 10.5. The van der Waals surface area contributed by atoms with Crippen molar-refractivity contribution in [2.45, 2.75) is 27.2 Å². The predicted molar refractivity (Wildman–Crippen MR) is 76.8 cm³/mol. The van der Waals surface area contributed by atoms with E-state index < -0.39 is 7.37 Å². The van der Waals surface area contributed by atoms with Crippen molar-refractivity contribution in [3.63, 3.8) is 0 Å². The van der Waals surface area contributed by atoms with Crippen LogP contribution in [0.2, 0.25) is 0 Å². The molecule has 0 unspecified atom stereocenters. The summed E-state index contributed by atoms with van der Waals surface area (Å²) in [5, 5.41) is 2.66. The van der Waals surface area contributed by atoms with Crippen molar-refractivity contribution in [3.8, 4) is 0 Å². The molecule has 1 aromatic carbocycles. The summed E-state index contributed by atoms with van der Waals surface area (Å²) in [5.41, 5.74) is 8.96. The summed E-state index contributed by atoms with van der Waals surface area (Å²) in [4.78, 5) is 2.25. The van der Waals surface area contributed by atoms with Gasteiger partial charge in [0, 0.05) is 18.2 Å². The SMILES string of the molecule is CCC.CP(C)(=O)ON=[N+]=[N-].Cc1ccccc1. The van der Waals surface area contributed by atoms with E-state index in [2.05, 4.69) is 47.7 Å². The maximum Gasteiger partial charge on any atom is 0.250 e. The molecule has 1 rings (SSSR count). The number of azide groups is 1. The van der Waals surface area contributed by atoms with E-state index in [9.17, 15) is 4.57 Å². The summed E-state index contributed by atoms with van der Waals surface area (Å²) in [6, 6.07) is 10.3. The molecule has 0 fully saturated rings. The fourth-order valence-electron chi connectivity index (χ4n) is 0.639. The number of benzene rings is 1. The second kappa shape index (κ2) is 12.0. The third-order valence-electron chi connectivity index (χ3n) is 1.21. The quantitative estimate of drug-likeness (QED) is 0.244. The number of nitrogens with zero attached hydrogens (tertiary/aromatic N) is 3. The summed E-state index contributed by atoms with van der Waals surface area (Å²) in [5.74, 6) is 0. The van der Waals surface area contributed by atoms with Gasteiger partial charge < -0.3 is 4.62 Å². The van der Waals surface area contributed by atoms with Gasteiger partial charge in [-0.2, -0.15) is 0 Å². The van der Waals surface area contributed by atoms with Crippen LogP contribution in [0.25, 0.3) is 10.4 Å². The second-order valence-corrected chi connectivity index (χ2v) is 6.53. The summed E-state index contributed by atoms with van der Waals surface area (Å²) in [7, 11) is -2.60. The molecule has 0 bridgehead atoms. The van der Waals surface area contributed by atoms with Gasteiger partial charge in [0.2, 0.25) is 0 Å². The van der Waals surface area contributed by atoms with Crippen molar-refractivity contribution < 1.29 is 9.19 Å². The Morgan fingerprint density at radius 1 is 1.28 bits per heavy atom. The van der Waals surface area contributed by atoms with Crippen LogP contribution >= 0.6 is 7.37 Å². The molecule has 0 spiro atoms. The highest BCUT2D eigenvalue weighted by Gasteiger charge is 2.03. The first-order chi connectivity index (χ1) is 8.37. The molecule has 0 heterocycles. The van der Waals surface area contributed by atoms with E-state index >= 15 is 0 Å². The Balaban J connectivity index is 0. The molecule has 0 radical (unpaired) electrons. The van der Waals surface area contributed by atoms with Crippen LogP contribution in [0.3, 0.4) is 0 Å². The molecule has 0 N–H and O–H groups in total. The minimum atomic E-state index is -2.60. The van der Waals surface area contributed by atoms with Crippen LogP contribution in [0.5, 0.6) is 0 Å². The fourth-order valence-corrected chi connectivity index (χ4v) is 0.847. The lowest BCUT2D eigenvalue weighted by Gasteiger charge is -1.98. The Kier molecular flexibility index (Phi) is 12.6. The van der Waals surface area contributed by atoms with Gasteiger partial charge in [0.1, 0.15) is 5.28 Å². The van der Waals surface area contributed by atoms with Gasteiger partial charge >= 0.3 is 0 Å². The number of rotatable bonds is 2. The molecule has 5 nitrogen and oxygen atoms in total. The fraction of sp³-hybridized carbons (Fsp3) is 0.500. The van der Waals surface area contributed by atoms with Crippen molar-refractivity contribution in [1.82, 2.24) is 0 Å². The Morgan fingerprint density at radius 2 is 1.72 bits per heavy atom. The lowest BCUT2D eigenvalue weighted by molar-refractivity contribution is 0.335. The molecule has 18 heavy (non-hydrogen) atoms. The topological polar surface area (TPSA) is 75.1 Å². The number of hydrogen-bond acceptors (Lipinski definition) is 3. The first-order valence-electron chi connectivity index (χ1n) is 5.67. The van der Waals surface area contributed by atoms with Crippen LogP contribution in [0.15, 0.2) is 35.6 Å². The van der Waals surface area contributed by atoms with E-state index in [-0.39, 0.29) is 0 Å². The van der Waals surface area contributed by atoms with E-state index in [1.54, 1.807) is 0 Å². The van der Waals surface area contributed by atoms with Gasteiger partial charge in [-0.15, -0.1) is 0 Å². The molecule has 102 valence electrons. The van der Waals surface area contributed by atoms with Crippen molar-refractivity contribution in [1.29, 1.82) is 0 Å². The van der Waals surface area contributed by atoms with Crippen molar-refractivity contribution in [3.05, 3.63) is 46.3 Å². The number of hydrogen-bond donors (Lipinski definition) is 0. The highest BCUT2D eigenvalue weighted by molar-refractivity contribution is 7.57. The molecule has 0 aromatic heterocycles. The normalized spacial score (nSPS) is 8.72. The first-order valence-corrected chi connectivity index (χ1v) is 8.19. The predicted octanol–water partition coefficient (Wildman–Crippen LogP) is 5.18. The molecule has 0 amide bonds. The van der Waals surface area contributed by atoms with Crippen LogP contribution in [0, 0.1) is 6.92 Å². The lowest BCUT2D eigenvalue weighted by Crippen LogP contribution is -1.72. The van der Waals surface area contributed by atoms with Crippen LogP contribution in [-0.2, 0) is 9.19 Å². The number of aryl methyl sites for hydroxylation is 1. The molecule has 0 atom stereocenters. The monoisotopic (exact) mass is 271 g/mol. The molecular weight excluding hydrogens is 249 g/mol. The molecular formula is C12H22N3O2P. The second-order valence-electron chi connectivity index (χ2n) is 3.87. The van der Waals surface area contributed by atoms with Crippen LogP contribution in [-0.4, -0.2) is 13.3 Å². The maximum atomic E-state index is 10.5. The summed E-state index contributed by atoms with van der Waals surface area (Å²) >= 11 is 0. The van der Waals surface area contributed by atoms with E-state index in [1.807, 2.05) is 18.2 Å². The zero-order valence-corrected chi connectivity index (χ0v) is 12.6. The van der Waals surface area contributed by atoms with E-state index in [1.165, 1.54) is 25.3 Å². The summed E-state index contributed by atoms with van der Waals surface area (Å²) < 4.78 is 14.6. The van der Waals surface area contributed by atoms with Gasteiger partial charge in [-0.25, -0.2) is 0 Å². The highest BCUT2D eigenvalue weighted by atomic mass is 31.2. The average molecular weight is 271 g/mol. The van der Waals surface area contributed by atoms with Gasteiger partial charge in [0.15, 0.2) is 0 Å². The van der Waals surface area contributed by atoms with Gasteiger partial charge in [0.25, 0.3) is 7.37 Å². The smallest absolute Gasteiger partial charge is 0.250 e. The molecule has 0 saturated heterocycles. The molecule has 1 aromatic rings. The zero-order chi connectivity index (χ0) is 14.4. The van der Waals surface area contributed by atoms with Gasteiger partial charge in [-0.05, 0) is 12.5 Å². The van der Waals surface area contributed by atoms with E-state index in [0.717, 1.165) is 0 Å². The largest absolute Gasteiger partial charge is 0.380 e. The van der Waals surface area contributed by atoms with E-state index in [4.69, 9.17) is 5.53 Å². The lowest BCUT2D eigenvalue weighted by atomic mass is 10.2. The Morgan fingerprint density at radius 3 is 1.89 bits per heavy atom. The average Bonchev–Trinajstić information content (AvgIpc) is 2.28. The summed E-state index contributed by atoms with van der Waals surface area (Å²) in [6.45, 7) is 9.06. The zero-order valence-electron chi connectivity index (χ0n) is 11.7. The van der Waals surface area contributed by atoms with Gasteiger partial charge in [0.05, 0.1) is 0 Å². The van der Waals surface area contributed by atoms with Crippen molar-refractivity contribution >= 4 is 7.37 Å². The standard InChI is InChI=1S/C7H8.C3H8.C2H6N3O2P/c1-7-5-3-2-4-6-7;1-3-2;1-8(2,6)7-5-4-3/h2-6H,1H3;3H2,1-2H3;1-2H3. The van der Waals surface area contributed by atoms with Crippen LogP contribution < -0.4 is 0 Å². The third kappa shape index (κ3) is 20.0. The molecule has 0 aliphatic rings. The molecule has 0 saturated carbocycles. The first kappa shape index (κ1) is 18.9. The Bertz CT molecular complexity index is 384. The Hall–Kier alpha value is -1.44. The molecule has 0 aliphatic carbocycles. The minimum Gasteiger partial charge on any atom is -0.380 e. The molecule has 6 heteroatoms. The molecule has 0 aliphatic heterocycles. The highest BCUT2D eigenvalue weighted by Crippen LogP contribution is 2.37. The van der Waals surface area contributed by atoms with Crippen molar-refractivity contribution in [2.24, 2.45) is 5.28 Å². The van der Waals surface area contributed by atoms with E-state index in [0.29, 0.717) is 0 Å². The van der Waals surface area contributed by atoms with Gasteiger partial charge in [-0.1, -0.05) is 56.2 Å². The van der Waals surface area contributed by atoms with Crippen LogP contribution in [0.4, 0.5) is 0 Å². The van der Waals surface area contributed by atoms with Crippen molar-refractivity contribution in [2.75, 3.05) is 13.3 Å². The third-order valence-corrected chi connectivity index (χ3v) is 1.68. The summed E-state index contributed by atoms with van der Waals surface area (Å²) in [6.07, 6.45) is 1.25. The minimum absolute atomic E-state index is 1.25. The Labute approximate surface area is 109 Å². The van der Waals surface area contributed by atoms with Crippen LogP contribution in [0.1, 0.15) is 25.8 Å². The van der Waals surface area contributed by atoms with Gasteiger partial charge in [-0.3, -0.25) is 4.57 Å².